The fourth-order valence-corrected chi connectivity index (χ4v) is 2.87. The molecular formula is C15H23N3O4. The van der Waals surface area contributed by atoms with Crippen molar-refractivity contribution in [3.05, 3.63) is 0 Å². The Morgan fingerprint density at radius 1 is 1.32 bits per heavy atom. The van der Waals surface area contributed by atoms with Crippen LogP contribution in [0.2, 0.25) is 0 Å². The lowest BCUT2D eigenvalue weighted by molar-refractivity contribution is -0.142. The SMILES string of the molecule is C[C@@H]1[C@H](C)CCC[C@H]1NC(=O)COC(=O)C1=NNC(=O)CC1. The van der Waals surface area contributed by atoms with Crippen LogP contribution in [-0.2, 0) is 19.1 Å². The summed E-state index contributed by atoms with van der Waals surface area (Å²) in [4.78, 5) is 34.6. The molecule has 0 radical (unpaired) electrons. The summed E-state index contributed by atoms with van der Waals surface area (Å²) in [7, 11) is 0. The van der Waals surface area contributed by atoms with Crippen LogP contribution in [0.3, 0.4) is 0 Å². The molecule has 0 saturated heterocycles. The average Bonchev–Trinajstić information content (AvgIpc) is 2.50. The molecule has 2 rings (SSSR count). The number of ether oxygens (including phenoxy) is 1. The molecule has 1 heterocycles. The summed E-state index contributed by atoms with van der Waals surface area (Å²) < 4.78 is 4.95. The Balaban J connectivity index is 1.75. The molecule has 2 N–H and O–H groups in total. The van der Waals surface area contributed by atoms with Crippen molar-refractivity contribution >= 4 is 23.5 Å². The number of nitrogens with zero attached hydrogens (tertiary/aromatic N) is 1. The van der Waals surface area contributed by atoms with E-state index in [1.165, 1.54) is 6.42 Å². The molecule has 2 amide bonds. The quantitative estimate of drug-likeness (QED) is 0.748. The average molecular weight is 309 g/mol. The molecule has 0 aromatic heterocycles. The van der Waals surface area contributed by atoms with Gasteiger partial charge in [0.15, 0.2) is 6.61 Å². The monoisotopic (exact) mass is 309 g/mol. The van der Waals surface area contributed by atoms with Crippen LogP contribution in [0.4, 0.5) is 0 Å². The fraction of sp³-hybridized carbons (Fsp3) is 0.733. The highest BCUT2D eigenvalue weighted by Gasteiger charge is 2.28. The van der Waals surface area contributed by atoms with Gasteiger partial charge in [-0.1, -0.05) is 26.7 Å². The summed E-state index contributed by atoms with van der Waals surface area (Å²) >= 11 is 0. The number of nitrogens with one attached hydrogen (secondary N) is 2. The first kappa shape index (κ1) is 16.5. The van der Waals surface area contributed by atoms with E-state index in [0.717, 1.165) is 12.8 Å². The maximum Gasteiger partial charge on any atom is 0.355 e. The smallest absolute Gasteiger partial charge is 0.355 e. The number of hydrogen-bond donors (Lipinski definition) is 2. The van der Waals surface area contributed by atoms with Crippen LogP contribution in [0.15, 0.2) is 5.10 Å². The van der Waals surface area contributed by atoms with Gasteiger partial charge in [0.2, 0.25) is 5.91 Å². The number of carbonyl (C=O) groups is 3. The Hall–Kier alpha value is -1.92. The topological polar surface area (TPSA) is 96.9 Å². The number of carbonyl (C=O) groups excluding carboxylic acids is 3. The maximum absolute atomic E-state index is 11.9. The summed E-state index contributed by atoms with van der Waals surface area (Å²) in [6, 6.07) is 0.140. The van der Waals surface area contributed by atoms with E-state index in [2.05, 4.69) is 29.7 Å². The summed E-state index contributed by atoms with van der Waals surface area (Å²) in [6.45, 7) is 4.02. The van der Waals surface area contributed by atoms with Crippen LogP contribution in [0.5, 0.6) is 0 Å². The molecule has 3 atom stereocenters. The molecule has 0 aromatic rings. The third-order valence-corrected chi connectivity index (χ3v) is 4.53. The second kappa shape index (κ2) is 7.38. The van der Waals surface area contributed by atoms with Crippen molar-refractivity contribution in [3.8, 4) is 0 Å². The normalized spacial score (nSPS) is 28.4. The van der Waals surface area contributed by atoms with Crippen molar-refractivity contribution in [1.82, 2.24) is 10.7 Å². The summed E-state index contributed by atoms with van der Waals surface area (Å²) in [5.41, 5.74) is 2.37. The van der Waals surface area contributed by atoms with Gasteiger partial charge in [-0.2, -0.15) is 5.10 Å². The highest BCUT2D eigenvalue weighted by Crippen LogP contribution is 2.29. The van der Waals surface area contributed by atoms with Crippen molar-refractivity contribution in [2.75, 3.05) is 6.61 Å². The summed E-state index contributed by atoms with van der Waals surface area (Å²) in [5.74, 6) is -0.164. The van der Waals surface area contributed by atoms with Crippen molar-refractivity contribution in [1.29, 1.82) is 0 Å². The molecule has 7 nitrogen and oxygen atoms in total. The lowest BCUT2D eigenvalue weighted by Crippen LogP contribution is -2.45. The number of esters is 1. The first-order valence-corrected chi connectivity index (χ1v) is 7.79. The van der Waals surface area contributed by atoms with Gasteiger partial charge in [0.05, 0.1) is 0 Å². The molecule has 0 bridgehead atoms. The van der Waals surface area contributed by atoms with Gasteiger partial charge in [0.25, 0.3) is 5.91 Å². The Labute approximate surface area is 129 Å². The van der Waals surface area contributed by atoms with Crippen molar-refractivity contribution in [2.45, 2.75) is 52.0 Å². The number of hydrazone groups is 1. The van der Waals surface area contributed by atoms with Gasteiger partial charge in [0, 0.05) is 18.9 Å². The van der Waals surface area contributed by atoms with E-state index in [1.54, 1.807) is 0 Å². The lowest BCUT2D eigenvalue weighted by Gasteiger charge is -2.34. The van der Waals surface area contributed by atoms with Crippen LogP contribution in [0, 0.1) is 11.8 Å². The summed E-state index contributed by atoms with van der Waals surface area (Å²) in [5, 5.41) is 6.58. The zero-order valence-electron chi connectivity index (χ0n) is 13.1. The van der Waals surface area contributed by atoms with Crippen LogP contribution < -0.4 is 10.7 Å². The zero-order chi connectivity index (χ0) is 16.1. The Kier molecular flexibility index (Phi) is 5.51. The Morgan fingerprint density at radius 2 is 2.09 bits per heavy atom. The minimum absolute atomic E-state index is 0.140. The van der Waals surface area contributed by atoms with Crippen molar-refractivity contribution in [3.63, 3.8) is 0 Å². The molecule has 0 spiro atoms. The van der Waals surface area contributed by atoms with E-state index < -0.39 is 5.97 Å². The van der Waals surface area contributed by atoms with E-state index in [1.807, 2.05) is 0 Å². The molecule has 1 aliphatic heterocycles. The Bertz CT molecular complexity index is 489. The minimum Gasteiger partial charge on any atom is -0.451 e. The Morgan fingerprint density at radius 3 is 2.77 bits per heavy atom. The molecule has 0 aromatic carbocycles. The highest BCUT2D eigenvalue weighted by molar-refractivity contribution is 6.37. The van der Waals surface area contributed by atoms with Gasteiger partial charge in [-0.15, -0.1) is 0 Å². The maximum atomic E-state index is 11.9. The van der Waals surface area contributed by atoms with Gasteiger partial charge < -0.3 is 10.1 Å². The predicted octanol–water partition coefficient (Wildman–Crippen LogP) is 0.736. The molecule has 22 heavy (non-hydrogen) atoms. The highest BCUT2D eigenvalue weighted by atomic mass is 16.5. The minimum atomic E-state index is -0.653. The second-order valence-corrected chi connectivity index (χ2v) is 6.11. The van der Waals surface area contributed by atoms with Gasteiger partial charge in [0.1, 0.15) is 5.71 Å². The van der Waals surface area contributed by atoms with E-state index >= 15 is 0 Å². The number of rotatable bonds is 4. The molecular weight excluding hydrogens is 286 g/mol. The van der Waals surface area contributed by atoms with Crippen molar-refractivity contribution < 1.29 is 19.1 Å². The van der Waals surface area contributed by atoms with Crippen LogP contribution in [-0.4, -0.2) is 36.1 Å². The van der Waals surface area contributed by atoms with E-state index in [0.29, 0.717) is 11.8 Å². The van der Waals surface area contributed by atoms with Crippen LogP contribution in [0.1, 0.15) is 46.0 Å². The molecule has 1 aliphatic carbocycles. The zero-order valence-corrected chi connectivity index (χ0v) is 13.1. The van der Waals surface area contributed by atoms with Crippen LogP contribution in [0.25, 0.3) is 0 Å². The number of hydrogen-bond acceptors (Lipinski definition) is 5. The molecule has 1 saturated carbocycles. The number of amides is 2. The summed E-state index contributed by atoms with van der Waals surface area (Å²) in [6.07, 6.45) is 3.70. The molecule has 7 heteroatoms. The van der Waals surface area contributed by atoms with Crippen molar-refractivity contribution in [2.24, 2.45) is 16.9 Å². The van der Waals surface area contributed by atoms with Crippen LogP contribution >= 0.6 is 0 Å². The van der Waals surface area contributed by atoms with E-state index in [4.69, 9.17) is 4.74 Å². The van der Waals surface area contributed by atoms with Gasteiger partial charge in [-0.05, 0) is 18.3 Å². The first-order chi connectivity index (χ1) is 10.5. The largest absolute Gasteiger partial charge is 0.451 e. The van der Waals surface area contributed by atoms with Gasteiger partial charge in [-0.25, -0.2) is 10.2 Å². The van der Waals surface area contributed by atoms with E-state index in [9.17, 15) is 14.4 Å². The fourth-order valence-electron chi connectivity index (χ4n) is 2.87. The molecule has 122 valence electrons. The molecule has 0 unspecified atom stereocenters. The van der Waals surface area contributed by atoms with Gasteiger partial charge in [-0.3, -0.25) is 9.59 Å². The predicted molar refractivity (Wildman–Crippen MR) is 79.9 cm³/mol. The first-order valence-electron chi connectivity index (χ1n) is 7.79. The lowest BCUT2D eigenvalue weighted by atomic mass is 9.78. The molecule has 1 fully saturated rings. The third kappa shape index (κ3) is 4.29. The third-order valence-electron chi connectivity index (χ3n) is 4.53. The standard InChI is InChI=1S/C15H23N3O4/c1-9-4-3-5-11(10(9)2)16-14(20)8-22-15(21)12-6-7-13(19)18-17-12/h9-11H,3-8H2,1-2H3,(H,16,20)(H,18,19)/t9-,10-,11-/m1/s1. The van der Waals surface area contributed by atoms with Gasteiger partial charge >= 0.3 is 5.97 Å². The second-order valence-electron chi connectivity index (χ2n) is 6.11. The molecule has 2 aliphatic rings. The van der Waals surface area contributed by atoms with E-state index in [-0.39, 0.29) is 43.0 Å².